The lowest BCUT2D eigenvalue weighted by Crippen LogP contribution is -2.48. The molecule has 0 N–H and O–H groups in total. The Bertz CT molecular complexity index is 952. The average molecular weight is 457 g/mol. The van der Waals surface area contributed by atoms with E-state index >= 15 is 0 Å². The lowest BCUT2D eigenvalue weighted by molar-refractivity contribution is -0.144. The van der Waals surface area contributed by atoms with Crippen molar-refractivity contribution in [3.8, 4) is 5.75 Å². The predicted molar refractivity (Wildman–Crippen MR) is 123 cm³/mol. The van der Waals surface area contributed by atoms with Crippen LogP contribution in [0.2, 0.25) is 0 Å². The van der Waals surface area contributed by atoms with Crippen molar-refractivity contribution in [3.63, 3.8) is 0 Å². The number of halogens is 1. The minimum absolute atomic E-state index is 0.0187. The minimum Gasteiger partial charge on any atom is -0.491 e. The van der Waals surface area contributed by atoms with Gasteiger partial charge in [-0.2, -0.15) is 0 Å². The fraction of sp³-hybridized carbons (Fsp3) is 0.440. The lowest BCUT2D eigenvalue weighted by Gasteiger charge is -2.37. The number of thiophene rings is 1. The van der Waals surface area contributed by atoms with Gasteiger partial charge in [0.15, 0.2) is 0 Å². The van der Waals surface area contributed by atoms with E-state index in [4.69, 9.17) is 4.74 Å². The summed E-state index contributed by atoms with van der Waals surface area (Å²) < 4.78 is 19.2. The molecule has 0 spiro atoms. The van der Waals surface area contributed by atoms with Crippen molar-refractivity contribution in [2.75, 3.05) is 26.2 Å². The number of carbonyl (C=O) groups excluding carboxylic acids is 2. The highest BCUT2D eigenvalue weighted by Crippen LogP contribution is 2.34. The molecular weight excluding hydrogens is 427 g/mol. The first-order chi connectivity index (χ1) is 15.6. The molecule has 0 unspecified atom stereocenters. The second kappa shape index (κ2) is 10.3. The van der Waals surface area contributed by atoms with Crippen LogP contribution in [0, 0.1) is 11.7 Å². The van der Waals surface area contributed by atoms with Gasteiger partial charge in [-0.15, -0.1) is 17.9 Å². The Labute approximate surface area is 192 Å². The Kier molecular flexibility index (Phi) is 7.25. The van der Waals surface area contributed by atoms with Gasteiger partial charge in [-0.05, 0) is 60.5 Å². The Balaban J connectivity index is 1.48. The fourth-order valence-electron chi connectivity index (χ4n) is 4.65. The molecule has 0 radical (unpaired) electrons. The summed E-state index contributed by atoms with van der Waals surface area (Å²) in [6, 6.07) is 7.70. The monoisotopic (exact) mass is 456 g/mol. The fourth-order valence-corrected chi connectivity index (χ4v) is 5.58. The van der Waals surface area contributed by atoms with Crippen LogP contribution in [-0.2, 0) is 16.0 Å². The van der Waals surface area contributed by atoms with Gasteiger partial charge in [-0.1, -0.05) is 18.9 Å². The molecular formula is C25H29FN2O3S. The molecule has 5 nitrogen and oxygen atoms in total. The summed E-state index contributed by atoms with van der Waals surface area (Å²) >= 11 is 1.69. The maximum atomic E-state index is 13.4. The maximum absolute atomic E-state index is 13.4. The predicted octanol–water partition coefficient (Wildman–Crippen LogP) is 4.60. The molecule has 2 aliphatic rings. The van der Waals surface area contributed by atoms with Crippen molar-refractivity contribution in [2.24, 2.45) is 5.92 Å². The van der Waals surface area contributed by atoms with Crippen LogP contribution in [0.5, 0.6) is 5.75 Å². The number of ether oxygens (including phenoxy) is 1. The minimum atomic E-state index is -0.318. The third kappa shape index (κ3) is 5.04. The number of benzene rings is 1. The van der Waals surface area contributed by atoms with Gasteiger partial charge in [-0.25, -0.2) is 4.39 Å². The summed E-state index contributed by atoms with van der Waals surface area (Å²) in [5, 5.41) is 2.04. The van der Waals surface area contributed by atoms with Crippen molar-refractivity contribution in [2.45, 2.75) is 38.1 Å². The molecule has 0 saturated heterocycles. The second-order valence-electron chi connectivity index (χ2n) is 8.41. The Morgan fingerprint density at radius 3 is 2.69 bits per heavy atom. The van der Waals surface area contributed by atoms with E-state index < -0.39 is 0 Å². The molecule has 4 rings (SSSR count). The number of rotatable bonds is 8. The van der Waals surface area contributed by atoms with Crippen LogP contribution < -0.4 is 4.74 Å². The smallest absolute Gasteiger partial charge is 0.242 e. The normalized spacial score (nSPS) is 18.3. The SMILES string of the molecule is C=CCN(CC(=O)N1CCc2sccc2[C@H]1COc1ccc(F)cc1)C(=O)C1CCCC1. The van der Waals surface area contributed by atoms with Crippen LogP contribution in [-0.4, -0.2) is 47.9 Å². The zero-order valence-corrected chi connectivity index (χ0v) is 19.0. The lowest BCUT2D eigenvalue weighted by atomic mass is 10.00. The van der Waals surface area contributed by atoms with Crippen LogP contribution in [0.4, 0.5) is 4.39 Å². The highest BCUT2D eigenvalue weighted by molar-refractivity contribution is 7.10. The summed E-state index contributed by atoms with van der Waals surface area (Å²) in [5.41, 5.74) is 1.09. The quantitative estimate of drug-likeness (QED) is 0.546. The number of hydrogen-bond acceptors (Lipinski definition) is 4. The summed E-state index contributed by atoms with van der Waals surface area (Å²) in [5.74, 6) is 0.239. The van der Waals surface area contributed by atoms with Crippen LogP contribution in [0.15, 0.2) is 48.4 Å². The van der Waals surface area contributed by atoms with Gasteiger partial charge in [0, 0.05) is 23.9 Å². The van der Waals surface area contributed by atoms with E-state index in [0.29, 0.717) is 18.8 Å². The number of amides is 2. The first-order valence-corrected chi connectivity index (χ1v) is 12.1. The summed E-state index contributed by atoms with van der Waals surface area (Å²) in [6.45, 7) is 5.06. The van der Waals surface area contributed by atoms with E-state index in [1.807, 2.05) is 16.3 Å². The zero-order valence-electron chi connectivity index (χ0n) is 18.2. The van der Waals surface area contributed by atoms with Gasteiger partial charge < -0.3 is 14.5 Å². The van der Waals surface area contributed by atoms with Crippen LogP contribution in [0.25, 0.3) is 0 Å². The third-order valence-corrected chi connectivity index (χ3v) is 7.32. The molecule has 0 bridgehead atoms. The van der Waals surface area contributed by atoms with Gasteiger partial charge in [0.2, 0.25) is 11.8 Å². The molecule has 1 saturated carbocycles. The molecule has 1 aliphatic carbocycles. The van der Waals surface area contributed by atoms with E-state index in [2.05, 4.69) is 6.58 Å². The van der Waals surface area contributed by atoms with Gasteiger partial charge in [0.05, 0.1) is 6.04 Å². The standard InChI is InChI=1S/C25H29FN2O3S/c1-2-13-27(25(30)18-5-3-4-6-18)16-24(29)28-14-11-23-21(12-15-32-23)22(28)17-31-20-9-7-19(26)8-10-20/h2,7-10,12,15,18,22H,1,3-6,11,13-14,16-17H2/t22-/m1/s1. The van der Waals surface area contributed by atoms with E-state index in [1.54, 1.807) is 34.4 Å². The molecule has 2 heterocycles. The molecule has 1 aromatic carbocycles. The Morgan fingerprint density at radius 1 is 1.22 bits per heavy atom. The van der Waals surface area contributed by atoms with E-state index in [9.17, 15) is 14.0 Å². The molecule has 1 fully saturated rings. The molecule has 7 heteroatoms. The van der Waals surface area contributed by atoms with Crippen molar-refractivity contribution in [1.29, 1.82) is 0 Å². The summed E-state index contributed by atoms with van der Waals surface area (Å²) in [6.07, 6.45) is 6.42. The van der Waals surface area contributed by atoms with E-state index in [0.717, 1.165) is 37.7 Å². The maximum Gasteiger partial charge on any atom is 0.242 e. The van der Waals surface area contributed by atoms with Crippen molar-refractivity contribution >= 4 is 23.2 Å². The summed E-state index contributed by atoms with van der Waals surface area (Å²) in [4.78, 5) is 31.1. The largest absolute Gasteiger partial charge is 0.491 e. The third-order valence-electron chi connectivity index (χ3n) is 6.33. The Hall–Kier alpha value is -2.67. The number of nitrogens with zero attached hydrogens (tertiary/aromatic N) is 2. The number of fused-ring (bicyclic) bond motifs is 1. The van der Waals surface area contributed by atoms with Gasteiger partial charge in [0.25, 0.3) is 0 Å². The van der Waals surface area contributed by atoms with E-state index in [1.165, 1.54) is 17.0 Å². The van der Waals surface area contributed by atoms with Gasteiger partial charge >= 0.3 is 0 Å². The highest BCUT2D eigenvalue weighted by atomic mass is 32.1. The van der Waals surface area contributed by atoms with Gasteiger partial charge in [-0.3, -0.25) is 9.59 Å². The molecule has 1 atom stereocenters. The second-order valence-corrected chi connectivity index (χ2v) is 9.41. The Morgan fingerprint density at radius 2 is 1.97 bits per heavy atom. The van der Waals surface area contributed by atoms with Gasteiger partial charge in [0.1, 0.15) is 24.7 Å². The van der Waals surface area contributed by atoms with Crippen molar-refractivity contribution in [1.82, 2.24) is 9.80 Å². The first-order valence-electron chi connectivity index (χ1n) is 11.2. The topological polar surface area (TPSA) is 49.9 Å². The molecule has 1 aliphatic heterocycles. The highest BCUT2D eigenvalue weighted by Gasteiger charge is 2.34. The van der Waals surface area contributed by atoms with Crippen molar-refractivity contribution in [3.05, 3.63) is 64.6 Å². The van der Waals surface area contributed by atoms with E-state index in [-0.39, 0.29) is 42.7 Å². The van der Waals surface area contributed by atoms with Crippen LogP contribution in [0.1, 0.15) is 42.2 Å². The molecule has 32 heavy (non-hydrogen) atoms. The summed E-state index contributed by atoms with van der Waals surface area (Å²) in [7, 11) is 0. The van der Waals surface area contributed by atoms with Crippen molar-refractivity contribution < 1.29 is 18.7 Å². The van der Waals surface area contributed by atoms with Crippen LogP contribution in [0.3, 0.4) is 0 Å². The average Bonchev–Trinajstić information content (AvgIpc) is 3.50. The molecule has 170 valence electrons. The molecule has 2 amide bonds. The molecule has 1 aromatic heterocycles. The first kappa shape index (κ1) is 22.5. The number of carbonyl (C=O) groups is 2. The zero-order chi connectivity index (χ0) is 22.5. The molecule has 2 aromatic rings. The van der Waals surface area contributed by atoms with Crippen LogP contribution >= 0.6 is 11.3 Å². The number of hydrogen-bond donors (Lipinski definition) is 0.